The van der Waals surface area contributed by atoms with Crippen LogP contribution in [0, 0.1) is 0 Å². The summed E-state index contributed by atoms with van der Waals surface area (Å²) in [4.78, 5) is 0.318. The molecule has 0 aliphatic carbocycles. The molecule has 2 rings (SSSR count). The highest BCUT2D eigenvalue weighted by atomic mass is 35.5. The Kier molecular flexibility index (Phi) is 4.92. The van der Waals surface area contributed by atoms with E-state index in [9.17, 15) is 8.42 Å². The number of thiocarbonyl (C=S) groups is 1. The lowest BCUT2D eigenvalue weighted by atomic mass is 10.2. The number of halogens is 1. The number of nitrogens with zero attached hydrogens (tertiary/aromatic N) is 1. The number of hydrogen-bond acceptors (Lipinski definition) is 3. The third-order valence-corrected chi connectivity index (χ3v) is 6.74. The van der Waals surface area contributed by atoms with Crippen LogP contribution in [-0.2, 0) is 10.0 Å². The van der Waals surface area contributed by atoms with Gasteiger partial charge in [0.1, 0.15) is 9.88 Å². The summed E-state index contributed by atoms with van der Waals surface area (Å²) < 4.78 is 27.4. The lowest BCUT2D eigenvalue weighted by molar-refractivity contribution is 0.329. The van der Waals surface area contributed by atoms with Crippen LogP contribution >= 0.6 is 23.8 Å². The van der Waals surface area contributed by atoms with Gasteiger partial charge in [0, 0.05) is 17.6 Å². The number of sulfonamides is 1. The van der Waals surface area contributed by atoms with Gasteiger partial charge in [-0.25, -0.2) is 8.42 Å². The third-order valence-electron chi connectivity index (χ3n) is 3.96. The van der Waals surface area contributed by atoms with Gasteiger partial charge >= 0.3 is 0 Å². The van der Waals surface area contributed by atoms with E-state index in [2.05, 4.69) is 0 Å². The first-order chi connectivity index (χ1) is 9.78. The molecule has 2 atom stereocenters. The van der Waals surface area contributed by atoms with Crippen molar-refractivity contribution >= 4 is 38.8 Å². The molecule has 4 nitrogen and oxygen atoms in total. The normalized spacial score (nSPS) is 23.4. The number of hydrogen-bond donors (Lipinski definition) is 1. The predicted molar refractivity (Wildman–Crippen MR) is 89.1 cm³/mol. The van der Waals surface area contributed by atoms with Crippen LogP contribution in [0.15, 0.2) is 23.1 Å². The Morgan fingerprint density at radius 3 is 2.67 bits per heavy atom. The molecule has 2 unspecified atom stereocenters. The van der Waals surface area contributed by atoms with Gasteiger partial charge < -0.3 is 5.73 Å². The Labute approximate surface area is 136 Å². The van der Waals surface area contributed by atoms with E-state index < -0.39 is 10.0 Å². The van der Waals surface area contributed by atoms with E-state index in [1.165, 1.54) is 12.1 Å². The topological polar surface area (TPSA) is 63.4 Å². The Morgan fingerprint density at radius 1 is 1.48 bits per heavy atom. The summed E-state index contributed by atoms with van der Waals surface area (Å²) in [6, 6.07) is 4.63. The highest BCUT2D eigenvalue weighted by Gasteiger charge is 2.39. The SMILES string of the molecule is CCC1CCC(C)N1S(=O)(=O)c1ccc(C(N)=S)cc1Cl. The van der Waals surface area contributed by atoms with Crippen LogP contribution < -0.4 is 5.73 Å². The van der Waals surface area contributed by atoms with Crippen LogP contribution in [0.5, 0.6) is 0 Å². The molecule has 0 spiro atoms. The van der Waals surface area contributed by atoms with Gasteiger partial charge in [-0.2, -0.15) is 4.31 Å². The van der Waals surface area contributed by atoms with Crippen molar-refractivity contribution in [3.8, 4) is 0 Å². The minimum atomic E-state index is -3.60. The molecule has 1 aliphatic rings. The molecule has 0 saturated carbocycles. The van der Waals surface area contributed by atoms with Gasteiger partial charge in [0.2, 0.25) is 10.0 Å². The molecular formula is C14H19ClN2O2S2. The molecule has 0 radical (unpaired) electrons. The second kappa shape index (κ2) is 6.20. The van der Waals surface area contributed by atoms with Crippen molar-refractivity contribution < 1.29 is 8.42 Å². The van der Waals surface area contributed by atoms with Gasteiger partial charge in [-0.1, -0.05) is 36.8 Å². The molecule has 0 aromatic heterocycles. The van der Waals surface area contributed by atoms with Crippen LogP contribution in [0.2, 0.25) is 5.02 Å². The van der Waals surface area contributed by atoms with Crippen molar-refractivity contribution in [1.82, 2.24) is 4.31 Å². The monoisotopic (exact) mass is 346 g/mol. The van der Waals surface area contributed by atoms with E-state index >= 15 is 0 Å². The molecular weight excluding hydrogens is 328 g/mol. The molecule has 0 bridgehead atoms. The average molecular weight is 347 g/mol. The van der Waals surface area contributed by atoms with Gasteiger partial charge in [0.05, 0.1) is 5.02 Å². The molecule has 0 amide bonds. The zero-order valence-corrected chi connectivity index (χ0v) is 14.4. The molecule has 1 fully saturated rings. The minimum absolute atomic E-state index is 0.00808. The molecule has 116 valence electrons. The number of benzene rings is 1. The zero-order chi connectivity index (χ0) is 15.8. The highest BCUT2D eigenvalue weighted by Crippen LogP contribution is 2.35. The van der Waals surface area contributed by atoms with Crippen LogP contribution in [0.25, 0.3) is 0 Å². The van der Waals surface area contributed by atoms with Crippen LogP contribution in [0.4, 0.5) is 0 Å². The van der Waals surface area contributed by atoms with Crippen molar-refractivity contribution in [2.45, 2.75) is 50.1 Å². The van der Waals surface area contributed by atoms with Gasteiger partial charge in [-0.05, 0) is 38.3 Å². The quantitative estimate of drug-likeness (QED) is 0.851. The first-order valence-corrected chi connectivity index (χ1v) is 9.14. The first-order valence-electron chi connectivity index (χ1n) is 6.92. The second-order valence-electron chi connectivity index (χ2n) is 5.33. The highest BCUT2D eigenvalue weighted by molar-refractivity contribution is 7.89. The van der Waals surface area contributed by atoms with E-state index in [0.717, 1.165) is 19.3 Å². The Morgan fingerprint density at radius 2 is 2.14 bits per heavy atom. The largest absolute Gasteiger partial charge is 0.389 e. The molecule has 1 heterocycles. The molecule has 21 heavy (non-hydrogen) atoms. The fraction of sp³-hybridized carbons (Fsp3) is 0.500. The molecule has 1 aromatic carbocycles. The fourth-order valence-electron chi connectivity index (χ4n) is 2.84. The lowest BCUT2D eigenvalue weighted by Crippen LogP contribution is -2.39. The van der Waals surface area contributed by atoms with Crippen LogP contribution in [0.1, 0.15) is 38.7 Å². The Bertz CT molecular complexity index is 661. The summed E-state index contributed by atoms with van der Waals surface area (Å²) in [6.07, 6.45) is 2.56. The second-order valence-corrected chi connectivity index (χ2v) is 7.99. The molecule has 2 N–H and O–H groups in total. The van der Waals surface area contributed by atoms with Crippen molar-refractivity contribution in [3.05, 3.63) is 28.8 Å². The number of nitrogens with two attached hydrogens (primary N) is 1. The fourth-order valence-corrected chi connectivity index (χ4v) is 5.44. The van der Waals surface area contributed by atoms with Crippen molar-refractivity contribution in [2.75, 3.05) is 0 Å². The summed E-state index contributed by atoms with van der Waals surface area (Å²) in [5.41, 5.74) is 6.11. The maximum Gasteiger partial charge on any atom is 0.245 e. The van der Waals surface area contributed by atoms with E-state index in [-0.39, 0.29) is 27.0 Å². The summed E-state index contributed by atoms with van der Waals surface area (Å²) in [6.45, 7) is 3.94. The van der Waals surface area contributed by atoms with Crippen molar-refractivity contribution in [2.24, 2.45) is 5.73 Å². The molecule has 1 aliphatic heterocycles. The average Bonchev–Trinajstić information content (AvgIpc) is 2.80. The van der Waals surface area contributed by atoms with E-state index in [0.29, 0.717) is 5.56 Å². The van der Waals surface area contributed by atoms with Gasteiger partial charge in [-0.3, -0.25) is 0 Å². The Balaban J connectivity index is 2.47. The van der Waals surface area contributed by atoms with E-state index in [1.54, 1.807) is 10.4 Å². The third kappa shape index (κ3) is 3.08. The van der Waals surface area contributed by atoms with Crippen LogP contribution in [-0.4, -0.2) is 29.8 Å². The van der Waals surface area contributed by atoms with E-state index in [4.69, 9.17) is 29.6 Å². The molecule has 1 aromatic rings. The zero-order valence-electron chi connectivity index (χ0n) is 12.0. The van der Waals surface area contributed by atoms with Crippen molar-refractivity contribution in [3.63, 3.8) is 0 Å². The summed E-state index contributed by atoms with van der Waals surface area (Å²) in [7, 11) is -3.60. The maximum absolute atomic E-state index is 12.9. The van der Waals surface area contributed by atoms with Gasteiger partial charge in [-0.15, -0.1) is 0 Å². The predicted octanol–water partition coefficient (Wildman–Crippen LogP) is 2.93. The van der Waals surface area contributed by atoms with Gasteiger partial charge in [0.15, 0.2) is 0 Å². The Hall–Kier alpha value is -0.690. The smallest absolute Gasteiger partial charge is 0.245 e. The van der Waals surface area contributed by atoms with Crippen molar-refractivity contribution in [1.29, 1.82) is 0 Å². The lowest BCUT2D eigenvalue weighted by Gasteiger charge is -2.27. The molecule has 7 heteroatoms. The summed E-state index contributed by atoms with van der Waals surface area (Å²) >= 11 is 11.0. The number of rotatable bonds is 4. The first kappa shape index (κ1) is 16.7. The van der Waals surface area contributed by atoms with E-state index in [1.807, 2.05) is 13.8 Å². The maximum atomic E-state index is 12.9. The van der Waals surface area contributed by atoms with Gasteiger partial charge in [0.25, 0.3) is 0 Å². The summed E-state index contributed by atoms with van der Waals surface area (Å²) in [5.74, 6) is 0. The van der Waals surface area contributed by atoms with Crippen LogP contribution in [0.3, 0.4) is 0 Å². The minimum Gasteiger partial charge on any atom is -0.389 e. The molecule has 1 saturated heterocycles. The summed E-state index contributed by atoms with van der Waals surface area (Å²) in [5, 5.41) is 0.161. The standard InChI is InChI=1S/C14H19ClN2O2S2/c1-3-11-6-4-9(2)17(11)21(18,19)13-7-5-10(14(16)20)8-12(13)15/h5,7-9,11H,3-4,6H2,1-2H3,(H2,16,20).